The van der Waals surface area contributed by atoms with Crippen molar-refractivity contribution < 1.29 is 27.6 Å². The minimum absolute atomic E-state index is 0.0125. The molecule has 0 bridgehead atoms. The molecule has 3 aromatic rings. The van der Waals surface area contributed by atoms with Crippen molar-refractivity contribution in [2.75, 3.05) is 13.2 Å². The highest BCUT2D eigenvalue weighted by Crippen LogP contribution is 2.27. The van der Waals surface area contributed by atoms with Crippen LogP contribution < -0.4 is 10.1 Å². The molecule has 2 amide bonds. The van der Waals surface area contributed by atoms with Crippen molar-refractivity contribution in [2.45, 2.75) is 25.4 Å². The lowest BCUT2D eigenvalue weighted by Gasteiger charge is -2.16. The van der Waals surface area contributed by atoms with E-state index in [1.807, 2.05) is 0 Å². The molecule has 10 heteroatoms. The van der Waals surface area contributed by atoms with Gasteiger partial charge in [-0.15, -0.1) is 0 Å². The Bertz CT molecular complexity index is 1090. The van der Waals surface area contributed by atoms with Gasteiger partial charge in [0, 0.05) is 25.4 Å². The van der Waals surface area contributed by atoms with Gasteiger partial charge >= 0.3 is 0 Å². The number of nitrogens with zero attached hydrogens (tertiary/aromatic N) is 3. The summed E-state index contributed by atoms with van der Waals surface area (Å²) in [5.41, 5.74) is 0.833. The number of amides is 2. The number of nitrogens with one attached hydrogen (secondary N) is 1. The number of likely N-dealkylation sites (tertiary alicyclic amines) is 1. The molecule has 1 atom stereocenters. The fraction of sp³-hybridized carbons (Fsp3) is 0.273. The molecular weight excluding hydrogens is 422 g/mol. The minimum atomic E-state index is -0.407. The van der Waals surface area contributed by atoms with Crippen molar-refractivity contribution >= 4 is 11.8 Å². The lowest BCUT2D eigenvalue weighted by Crippen LogP contribution is -2.28. The van der Waals surface area contributed by atoms with Gasteiger partial charge in [-0.25, -0.2) is 8.78 Å². The molecule has 1 aliphatic heterocycles. The molecule has 8 nitrogen and oxygen atoms in total. The Balaban J connectivity index is 1.25. The third-order valence-corrected chi connectivity index (χ3v) is 4.97. The van der Waals surface area contributed by atoms with Gasteiger partial charge in [-0.1, -0.05) is 17.3 Å². The Morgan fingerprint density at radius 3 is 2.53 bits per heavy atom. The second-order valence-electron chi connectivity index (χ2n) is 7.37. The van der Waals surface area contributed by atoms with E-state index in [0.29, 0.717) is 24.7 Å². The number of aromatic nitrogens is 2. The normalized spacial score (nSPS) is 15.8. The van der Waals surface area contributed by atoms with E-state index in [1.165, 1.54) is 36.4 Å². The molecule has 1 aromatic heterocycles. The molecule has 0 spiro atoms. The molecule has 2 aromatic carbocycles. The van der Waals surface area contributed by atoms with Crippen LogP contribution in [0.15, 0.2) is 53.1 Å². The largest absolute Gasteiger partial charge is 0.484 e. The third kappa shape index (κ3) is 5.45. The van der Waals surface area contributed by atoms with Crippen LogP contribution in [0.5, 0.6) is 5.75 Å². The van der Waals surface area contributed by atoms with Crippen molar-refractivity contribution in [3.8, 4) is 5.75 Å². The van der Waals surface area contributed by atoms with Crippen LogP contribution in [-0.4, -0.2) is 40.0 Å². The van der Waals surface area contributed by atoms with Crippen molar-refractivity contribution in [2.24, 2.45) is 0 Å². The fourth-order valence-corrected chi connectivity index (χ4v) is 3.32. The molecule has 1 N–H and O–H groups in total. The first-order valence-electron chi connectivity index (χ1n) is 9.96. The Kier molecular flexibility index (Phi) is 6.39. The zero-order valence-corrected chi connectivity index (χ0v) is 17.0. The lowest BCUT2D eigenvalue weighted by atomic mass is 10.1. The summed E-state index contributed by atoms with van der Waals surface area (Å²) in [5, 5.41) is 6.53. The first-order valence-corrected chi connectivity index (χ1v) is 9.96. The highest BCUT2D eigenvalue weighted by atomic mass is 19.1. The van der Waals surface area contributed by atoms with Crippen molar-refractivity contribution in [1.82, 2.24) is 20.4 Å². The van der Waals surface area contributed by atoms with Gasteiger partial charge in [0.2, 0.25) is 11.8 Å². The van der Waals surface area contributed by atoms with Gasteiger partial charge in [-0.3, -0.25) is 9.59 Å². The van der Waals surface area contributed by atoms with Crippen molar-refractivity contribution in [3.63, 3.8) is 0 Å². The van der Waals surface area contributed by atoms with Crippen molar-refractivity contribution in [3.05, 3.63) is 77.4 Å². The average molecular weight is 442 g/mol. The summed E-state index contributed by atoms with van der Waals surface area (Å²) in [5.74, 6) is -0.418. The third-order valence-electron chi connectivity index (χ3n) is 4.97. The Labute approximate surface area is 182 Å². The van der Waals surface area contributed by atoms with Gasteiger partial charge in [0.15, 0.2) is 12.4 Å². The van der Waals surface area contributed by atoms with E-state index in [1.54, 1.807) is 17.0 Å². The van der Waals surface area contributed by atoms with E-state index < -0.39 is 11.7 Å². The van der Waals surface area contributed by atoms with E-state index in [4.69, 9.17) is 9.26 Å². The van der Waals surface area contributed by atoms with Crippen LogP contribution in [-0.2, 0) is 22.7 Å². The van der Waals surface area contributed by atoms with Crippen LogP contribution in [0, 0.1) is 11.6 Å². The Morgan fingerprint density at radius 1 is 1.12 bits per heavy atom. The van der Waals surface area contributed by atoms with Crippen LogP contribution in [0.2, 0.25) is 0 Å². The molecule has 2 heterocycles. The monoisotopic (exact) mass is 442 g/mol. The van der Waals surface area contributed by atoms with Gasteiger partial charge in [0.1, 0.15) is 17.4 Å². The fourth-order valence-electron chi connectivity index (χ4n) is 3.32. The molecule has 166 valence electrons. The number of hydrogen-bond acceptors (Lipinski definition) is 6. The highest BCUT2D eigenvalue weighted by Gasteiger charge is 2.33. The standard InChI is InChI=1S/C22H20F2N4O4/c23-16-3-1-14(2-4-16)11-28-12-15(9-21(28)30)22-26-20(32-27-22)10-25-19(29)13-31-18-7-5-17(24)6-8-18/h1-8,15H,9-13H2,(H,25,29). The summed E-state index contributed by atoms with van der Waals surface area (Å²) in [6.07, 6.45) is 0.248. The predicted molar refractivity (Wildman–Crippen MR) is 107 cm³/mol. The average Bonchev–Trinajstić information content (AvgIpc) is 3.40. The highest BCUT2D eigenvalue weighted by molar-refractivity contribution is 5.79. The summed E-state index contributed by atoms with van der Waals surface area (Å²) in [6, 6.07) is 11.3. The quantitative estimate of drug-likeness (QED) is 0.576. The lowest BCUT2D eigenvalue weighted by molar-refractivity contribution is -0.128. The molecule has 0 saturated carbocycles. The molecule has 4 rings (SSSR count). The van der Waals surface area contributed by atoms with E-state index in [9.17, 15) is 18.4 Å². The number of halogens is 2. The molecule has 0 aliphatic carbocycles. The van der Waals surface area contributed by atoms with Gasteiger partial charge < -0.3 is 19.5 Å². The molecule has 1 aliphatic rings. The maximum absolute atomic E-state index is 13.1. The Hall–Kier alpha value is -3.82. The van der Waals surface area contributed by atoms with Crippen molar-refractivity contribution in [1.29, 1.82) is 0 Å². The van der Waals surface area contributed by atoms with E-state index in [2.05, 4.69) is 15.5 Å². The van der Waals surface area contributed by atoms with E-state index in [0.717, 1.165) is 5.56 Å². The summed E-state index contributed by atoms with van der Waals surface area (Å²) in [6.45, 7) is 0.568. The summed E-state index contributed by atoms with van der Waals surface area (Å²) < 4.78 is 36.4. The molecule has 1 fully saturated rings. The second kappa shape index (κ2) is 9.54. The van der Waals surface area contributed by atoms with Crippen LogP contribution in [0.3, 0.4) is 0 Å². The summed E-state index contributed by atoms with van der Waals surface area (Å²) in [4.78, 5) is 30.2. The number of carbonyl (C=O) groups is 2. The van der Waals surface area contributed by atoms with Crippen LogP contribution in [0.4, 0.5) is 8.78 Å². The maximum atomic E-state index is 13.1. The number of carbonyl (C=O) groups excluding carboxylic acids is 2. The van der Waals surface area contributed by atoms with Gasteiger partial charge in [-0.05, 0) is 42.0 Å². The molecular formula is C22H20F2N4O4. The first kappa shape index (κ1) is 21.4. The van der Waals surface area contributed by atoms with E-state index in [-0.39, 0.29) is 43.1 Å². The summed E-state index contributed by atoms with van der Waals surface area (Å²) >= 11 is 0. The van der Waals surface area contributed by atoms with Crippen LogP contribution >= 0.6 is 0 Å². The van der Waals surface area contributed by atoms with Crippen LogP contribution in [0.1, 0.15) is 29.6 Å². The molecule has 1 unspecified atom stereocenters. The molecule has 32 heavy (non-hydrogen) atoms. The summed E-state index contributed by atoms with van der Waals surface area (Å²) in [7, 11) is 0. The molecule has 1 saturated heterocycles. The second-order valence-corrected chi connectivity index (χ2v) is 7.37. The SMILES string of the molecule is O=C(COc1ccc(F)cc1)NCc1nc(C2CC(=O)N(Cc3ccc(F)cc3)C2)no1. The van der Waals surface area contributed by atoms with Crippen LogP contribution in [0.25, 0.3) is 0 Å². The zero-order valence-electron chi connectivity index (χ0n) is 17.0. The predicted octanol–water partition coefficient (Wildman–Crippen LogP) is 2.56. The number of ether oxygens (including phenoxy) is 1. The number of benzene rings is 2. The molecule has 0 radical (unpaired) electrons. The van der Waals surface area contributed by atoms with Gasteiger partial charge in [0.05, 0.1) is 6.54 Å². The van der Waals surface area contributed by atoms with Gasteiger partial charge in [-0.2, -0.15) is 4.98 Å². The van der Waals surface area contributed by atoms with Gasteiger partial charge in [0.25, 0.3) is 5.91 Å². The zero-order chi connectivity index (χ0) is 22.5. The minimum Gasteiger partial charge on any atom is -0.484 e. The Morgan fingerprint density at radius 2 is 1.81 bits per heavy atom. The topological polar surface area (TPSA) is 97.6 Å². The smallest absolute Gasteiger partial charge is 0.258 e. The number of hydrogen-bond donors (Lipinski definition) is 1. The first-order chi connectivity index (χ1) is 15.5. The maximum Gasteiger partial charge on any atom is 0.258 e. The number of rotatable bonds is 8. The van der Waals surface area contributed by atoms with E-state index >= 15 is 0 Å².